The van der Waals surface area contributed by atoms with Crippen LogP contribution in [0.1, 0.15) is 44.4 Å². The van der Waals surface area contributed by atoms with Gasteiger partial charge in [0.15, 0.2) is 5.82 Å². The zero-order valence-corrected chi connectivity index (χ0v) is 11.9. The van der Waals surface area contributed by atoms with Gasteiger partial charge >= 0.3 is 0 Å². The van der Waals surface area contributed by atoms with Crippen molar-refractivity contribution < 1.29 is 4.79 Å². The van der Waals surface area contributed by atoms with Gasteiger partial charge in [0.2, 0.25) is 5.91 Å². The molecule has 2 unspecified atom stereocenters. The van der Waals surface area contributed by atoms with Crippen molar-refractivity contribution in [2.75, 3.05) is 13.6 Å². The Hall–Kier alpha value is -1.43. The number of aromatic nitrogens is 3. The van der Waals surface area contributed by atoms with E-state index < -0.39 is 0 Å². The van der Waals surface area contributed by atoms with Crippen molar-refractivity contribution in [1.29, 1.82) is 0 Å². The number of nitrogens with one attached hydrogen (secondary N) is 2. The fourth-order valence-corrected chi connectivity index (χ4v) is 2.40. The highest BCUT2D eigenvalue weighted by atomic mass is 16.2. The van der Waals surface area contributed by atoms with Gasteiger partial charge in [-0.3, -0.25) is 4.79 Å². The third-order valence-electron chi connectivity index (χ3n) is 3.51. The molecule has 106 valence electrons. The average molecular weight is 265 g/mol. The number of carbonyl (C=O) groups excluding carboxylic acids is 1. The molecule has 0 spiro atoms. The number of fused-ring (bicyclic) bond motifs is 1. The van der Waals surface area contributed by atoms with E-state index in [4.69, 9.17) is 0 Å². The highest BCUT2D eigenvalue weighted by molar-refractivity contribution is 5.78. The number of aryl methyl sites for hydroxylation is 2. The molecule has 1 aromatic rings. The maximum absolute atomic E-state index is 12.1. The molecule has 2 atom stereocenters. The summed E-state index contributed by atoms with van der Waals surface area (Å²) in [6.45, 7) is 5.56. The minimum Gasteiger partial charge on any atom is -0.346 e. The molecule has 0 saturated heterocycles. The van der Waals surface area contributed by atoms with Crippen LogP contribution >= 0.6 is 0 Å². The highest BCUT2D eigenvalue weighted by Crippen LogP contribution is 2.23. The SMILES string of the molecule is CCc1nc2n(n1)CCCC2NC(=O)C(C)CNC. The van der Waals surface area contributed by atoms with E-state index in [1.807, 2.05) is 25.6 Å². The number of hydrogen-bond donors (Lipinski definition) is 2. The van der Waals surface area contributed by atoms with E-state index in [9.17, 15) is 4.79 Å². The summed E-state index contributed by atoms with van der Waals surface area (Å²) in [7, 11) is 1.86. The Morgan fingerprint density at radius 1 is 1.58 bits per heavy atom. The van der Waals surface area contributed by atoms with Crippen LogP contribution < -0.4 is 10.6 Å². The van der Waals surface area contributed by atoms with Crippen molar-refractivity contribution in [3.63, 3.8) is 0 Å². The Kier molecular flexibility index (Phi) is 4.52. The van der Waals surface area contributed by atoms with Crippen LogP contribution in [0, 0.1) is 5.92 Å². The van der Waals surface area contributed by atoms with Gasteiger partial charge in [-0.15, -0.1) is 0 Å². The second-order valence-electron chi connectivity index (χ2n) is 5.13. The molecule has 6 heteroatoms. The predicted molar refractivity (Wildman–Crippen MR) is 72.6 cm³/mol. The summed E-state index contributed by atoms with van der Waals surface area (Å²) in [5.74, 6) is 1.82. The van der Waals surface area contributed by atoms with Crippen LogP contribution in [0.4, 0.5) is 0 Å². The van der Waals surface area contributed by atoms with Crippen molar-refractivity contribution in [2.45, 2.75) is 45.7 Å². The maximum Gasteiger partial charge on any atom is 0.224 e. The van der Waals surface area contributed by atoms with Crippen LogP contribution in [0.2, 0.25) is 0 Å². The summed E-state index contributed by atoms with van der Waals surface area (Å²) in [4.78, 5) is 16.6. The average Bonchev–Trinajstić information content (AvgIpc) is 2.83. The fraction of sp³-hybridized carbons (Fsp3) is 0.769. The van der Waals surface area contributed by atoms with Crippen molar-refractivity contribution in [3.8, 4) is 0 Å². The molecule has 0 saturated carbocycles. The minimum atomic E-state index is -0.0334. The van der Waals surface area contributed by atoms with Crippen LogP contribution in [0.3, 0.4) is 0 Å². The number of hydrogen-bond acceptors (Lipinski definition) is 4. The molecule has 2 N–H and O–H groups in total. The summed E-state index contributed by atoms with van der Waals surface area (Å²) in [5, 5.41) is 10.6. The largest absolute Gasteiger partial charge is 0.346 e. The molecule has 1 aromatic heterocycles. The Bertz CT molecular complexity index is 442. The van der Waals surface area contributed by atoms with E-state index in [0.29, 0.717) is 6.54 Å². The second-order valence-corrected chi connectivity index (χ2v) is 5.13. The fourth-order valence-electron chi connectivity index (χ4n) is 2.40. The normalized spacial score (nSPS) is 19.8. The van der Waals surface area contributed by atoms with E-state index in [2.05, 4.69) is 20.7 Å². The van der Waals surface area contributed by atoms with Crippen LogP contribution in [0.5, 0.6) is 0 Å². The van der Waals surface area contributed by atoms with Crippen LogP contribution in [0.15, 0.2) is 0 Å². The van der Waals surface area contributed by atoms with Gasteiger partial charge in [-0.25, -0.2) is 9.67 Å². The number of amides is 1. The zero-order chi connectivity index (χ0) is 13.8. The van der Waals surface area contributed by atoms with Gasteiger partial charge in [-0.2, -0.15) is 5.10 Å². The standard InChI is InChI=1S/C13H23N5O/c1-4-11-16-12-10(6-5-7-18(12)17-11)15-13(19)9(2)8-14-3/h9-10,14H,4-8H2,1-3H3,(H,15,19). The van der Waals surface area contributed by atoms with Crippen molar-refractivity contribution in [1.82, 2.24) is 25.4 Å². The molecular weight excluding hydrogens is 242 g/mol. The summed E-state index contributed by atoms with van der Waals surface area (Å²) in [6.07, 6.45) is 2.81. The first kappa shape index (κ1) is 14.0. The van der Waals surface area contributed by atoms with E-state index in [0.717, 1.165) is 37.5 Å². The lowest BCUT2D eigenvalue weighted by molar-refractivity contribution is -0.125. The monoisotopic (exact) mass is 265 g/mol. The molecule has 0 aromatic carbocycles. The summed E-state index contributed by atoms with van der Waals surface area (Å²) >= 11 is 0. The Morgan fingerprint density at radius 3 is 3.05 bits per heavy atom. The molecule has 2 rings (SSSR count). The lowest BCUT2D eigenvalue weighted by Gasteiger charge is -2.24. The summed E-state index contributed by atoms with van der Waals surface area (Å²) in [5.41, 5.74) is 0. The Labute approximate surface area is 114 Å². The van der Waals surface area contributed by atoms with E-state index in [-0.39, 0.29) is 17.9 Å². The summed E-state index contributed by atoms with van der Waals surface area (Å²) in [6, 6.07) is 0.00774. The third-order valence-corrected chi connectivity index (χ3v) is 3.51. The maximum atomic E-state index is 12.1. The van der Waals surface area contributed by atoms with Gasteiger partial charge in [0.05, 0.1) is 6.04 Å². The summed E-state index contributed by atoms with van der Waals surface area (Å²) < 4.78 is 1.94. The number of carbonyl (C=O) groups is 1. The first-order valence-electron chi connectivity index (χ1n) is 7.04. The second kappa shape index (κ2) is 6.14. The van der Waals surface area contributed by atoms with Gasteiger partial charge in [0.25, 0.3) is 0 Å². The molecule has 19 heavy (non-hydrogen) atoms. The lowest BCUT2D eigenvalue weighted by Crippen LogP contribution is -2.39. The molecule has 1 amide bonds. The first-order chi connectivity index (χ1) is 9.15. The molecule has 1 aliphatic rings. The number of rotatable bonds is 5. The van der Waals surface area contributed by atoms with Gasteiger partial charge in [-0.1, -0.05) is 13.8 Å². The van der Waals surface area contributed by atoms with Gasteiger partial charge in [-0.05, 0) is 19.9 Å². The zero-order valence-electron chi connectivity index (χ0n) is 11.9. The molecule has 0 radical (unpaired) electrons. The number of nitrogens with zero attached hydrogens (tertiary/aromatic N) is 3. The quantitative estimate of drug-likeness (QED) is 0.820. The van der Waals surface area contributed by atoms with E-state index in [1.165, 1.54) is 0 Å². The molecule has 6 nitrogen and oxygen atoms in total. The van der Waals surface area contributed by atoms with Crippen LogP contribution in [0.25, 0.3) is 0 Å². The van der Waals surface area contributed by atoms with E-state index in [1.54, 1.807) is 0 Å². The first-order valence-corrected chi connectivity index (χ1v) is 7.04. The van der Waals surface area contributed by atoms with Crippen molar-refractivity contribution in [2.24, 2.45) is 5.92 Å². The molecule has 1 aliphatic heterocycles. The smallest absolute Gasteiger partial charge is 0.224 e. The molecule has 0 bridgehead atoms. The highest BCUT2D eigenvalue weighted by Gasteiger charge is 2.26. The van der Waals surface area contributed by atoms with Gasteiger partial charge in [0.1, 0.15) is 5.82 Å². The molecule has 0 aliphatic carbocycles. The van der Waals surface area contributed by atoms with Crippen molar-refractivity contribution >= 4 is 5.91 Å². The van der Waals surface area contributed by atoms with Gasteiger partial charge < -0.3 is 10.6 Å². The van der Waals surface area contributed by atoms with E-state index >= 15 is 0 Å². The molecule has 0 fully saturated rings. The minimum absolute atomic E-state index is 0.00774. The lowest BCUT2D eigenvalue weighted by atomic mass is 10.1. The topological polar surface area (TPSA) is 71.8 Å². The predicted octanol–water partition coefficient (Wildman–Crippen LogP) is 0.647. The third kappa shape index (κ3) is 3.12. The molecule has 2 heterocycles. The van der Waals surface area contributed by atoms with Crippen LogP contribution in [-0.2, 0) is 17.8 Å². The van der Waals surface area contributed by atoms with Crippen molar-refractivity contribution in [3.05, 3.63) is 11.6 Å². The Balaban J connectivity index is 2.06. The van der Waals surface area contributed by atoms with Crippen LogP contribution in [-0.4, -0.2) is 34.3 Å². The Morgan fingerprint density at radius 2 is 2.37 bits per heavy atom. The van der Waals surface area contributed by atoms with Gasteiger partial charge in [0, 0.05) is 25.4 Å². The molecular formula is C13H23N5O.